The summed E-state index contributed by atoms with van der Waals surface area (Å²) in [6, 6.07) is 18.2. The highest BCUT2D eigenvalue weighted by atomic mass is 31.2. The summed E-state index contributed by atoms with van der Waals surface area (Å²) in [5.74, 6) is 1.48. The summed E-state index contributed by atoms with van der Waals surface area (Å²) in [6.07, 6.45) is 4.25. The fraction of sp³-hybridized carbons (Fsp3) is 0.174. The highest BCUT2D eigenvalue weighted by Crippen LogP contribution is 2.34. The van der Waals surface area contributed by atoms with Gasteiger partial charge in [0, 0.05) is 23.3 Å². The Morgan fingerprint density at radius 1 is 1.00 bits per heavy atom. The number of hydrazine groups is 2. The minimum atomic E-state index is -2.24. The molecular formula is C23H23N6OP. The molecule has 0 fully saturated rings. The molecule has 0 amide bonds. The Kier molecular flexibility index (Phi) is 4.93. The molecule has 5 rings (SSSR count). The number of anilines is 2. The summed E-state index contributed by atoms with van der Waals surface area (Å²) in [5.41, 5.74) is 10.3. The maximum absolute atomic E-state index is 12.2. The van der Waals surface area contributed by atoms with Crippen molar-refractivity contribution < 1.29 is 4.57 Å². The van der Waals surface area contributed by atoms with E-state index < -0.39 is 7.14 Å². The Morgan fingerprint density at radius 3 is 2.61 bits per heavy atom. The number of aromatic nitrogens is 3. The smallest absolute Gasteiger partial charge is 0.189 e. The highest BCUT2D eigenvalue weighted by molar-refractivity contribution is 7.70. The van der Waals surface area contributed by atoms with Crippen molar-refractivity contribution in [2.45, 2.75) is 13.0 Å². The van der Waals surface area contributed by atoms with Gasteiger partial charge < -0.3 is 4.57 Å². The number of fused-ring (bicyclic) bond motifs is 2. The van der Waals surface area contributed by atoms with Crippen LogP contribution in [0.5, 0.6) is 0 Å². The zero-order valence-electron chi connectivity index (χ0n) is 17.4. The molecule has 0 aliphatic carbocycles. The SMILES string of the molecule is CP(C)(=O)c1ccc(Cc2cnc3c(n2)N(Cc2ccc4ncccc4c2)NN3)cc1. The Labute approximate surface area is 180 Å². The predicted octanol–water partition coefficient (Wildman–Crippen LogP) is 3.72. The van der Waals surface area contributed by atoms with Crippen molar-refractivity contribution in [1.29, 1.82) is 0 Å². The van der Waals surface area contributed by atoms with Gasteiger partial charge in [0.05, 0.1) is 24.0 Å². The number of hydrogen-bond acceptors (Lipinski definition) is 7. The normalized spacial score (nSPS) is 13.3. The van der Waals surface area contributed by atoms with Gasteiger partial charge in [-0.15, -0.1) is 5.53 Å². The van der Waals surface area contributed by atoms with Gasteiger partial charge in [-0.3, -0.25) is 15.4 Å². The molecule has 156 valence electrons. The lowest BCUT2D eigenvalue weighted by Crippen LogP contribution is -2.35. The molecule has 2 aromatic carbocycles. The second-order valence-electron chi connectivity index (χ2n) is 8.08. The average Bonchev–Trinajstić information content (AvgIpc) is 3.15. The molecule has 0 saturated carbocycles. The third kappa shape index (κ3) is 4.15. The van der Waals surface area contributed by atoms with Crippen LogP contribution in [0.2, 0.25) is 0 Å². The fourth-order valence-corrected chi connectivity index (χ4v) is 4.52. The topological polar surface area (TPSA) is 83.0 Å². The van der Waals surface area contributed by atoms with Crippen LogP contribution >= 0.6 is 7.14 Å². The van der Waals surface area contributed by atoms with E-state index in [2.05, 4.69) is 39.1 Å². The predicted molar refractivity (Wildman–Crippen MR) is 125 cm³/mol. The van der Waals surface area contributed by atoms with Gasteiger partial charge in [-0.25, -0.2) is 9.97 Å². The maximum atomic E-state index is 12.2. The number of rotatable bonds is 5. The quantitative estimate of drug-likeness (QED) is 0.467. The number of hydrogen-bond donors (Lipinski definition) is 2. The van der Waals surface area contributed by atoms with Crippen LogP contribution in [0, 0.1) is 0 Å². The van der Waals surface area contributed by atoms with Gasteiger partial charge in [-0.05, 0) is 42.7 Å². The van der Waals surface area contributed by atoms with Crippen molar-refractivity contribution in [1.82, 2.24) is 20.5 Å². The summed E-state index contributed by atoms with van der Waals surface area (Å²) in [7, 11) is -2.24. The molecule has 1 aliphatic heterocycles. The summed E-state index contributed by atoms with van der Waals surface area (Å²) < 4.78 is 12.2. The first-order valence-electron chi connectivity index (χ1n) is 10.1. The Morgan fingerprint density at radius 2 is 1.81 bits per heavy atom. The van der Waals surface area contributed by atoms with E-state index in [9.17, 15) is 4.57 Å². The molecule has 31 heavy (non-hydrogen) atoms. The van der Waals surface area contributed by atoms with E-state index >= 15 is 0 Å². The first kappa shape index (κ1) is 19.7. The van der Waals surface area contributed by atoms with Crippen molar-refractivity contribution in [3.63, 3.8) is 0 Å². The minimum Gasteiger partial charge on any atom is -0.319 e. The molecule has 0 atom stereocenters. The van der Waals surface area contributed by atoms with Gasteiger partial charge in [0.25, 0.3) is 0 Å². The van der Waals surface area contributed by atoms with Crippen LogP contribution in [0.15, 0.2) is 67.0 Å². The minimum absolute atomic E-state index is 0.639. The van der Waals surface area contributed by atoms with Crippen molar-refractivity contribution in [3.05, 3.63) is 83.8 Å². The third-order valence-corrected chi connectivity index (χ3v) is 6.86. The van der Waals surface area contributed by atoms with Gasteiger partial charge in [0.1, 0.15) is 7.14 Å². The Hall–Kier alpha value is -3.28. The zero-order chi connectivity index (χ0) is 21.4. The number of benzene rings is 2. The van der Waals surface area contributed by atoms with E-state index in [4.69, 9.17) is 4.98 Å². The molecule has 0 bridgehead atoms. The average molecular weight is 430 g/mol. The van der Waals surface area contributed by atoms with Crippen LogP contribution in [0.25, 0.3) is 10.9 Å². The lowest BCUT2D eigenvalue weighted by molar-refractivity contribution is 0.588. The maximum Gasteiger partial charge on any atom is 0.189 e. The van der Waals surface area contributed by atoms with E-state index in [1.54, 1.807) is 25.7 Å². The highest BCUT2D eigenvalue weighted by Gasteiger charge is 2.22. The van der Waals surface area contributed by atoms with Gasteiger partial charge in [-0.1, -0.05) is 36.4 Å². The molecule has 0 radical (unpaired) electrons. The first-order valence-corrected chi connectivity index (χ1v) is 12.7. The molecule has 8 heteroatoms. The van der Waals surface area contributed by atoms with Gasteiger partial charge in [0.2, 0.25) is 0 Å². The van der Waals surface area contributed by atoms with Gasteiger partial charge >= 0.3 is 0 Å². The Balaban J connectivity index is 1.35. The van der Waals surface area contributed by atoms with Gasteiger partial charge in [-0.2, -0.15) is 0 Å². The van der Waals surface area contributed by atoms with Crippen LogP contribution in [-0.4, -0.2) is 28.3 Å². The second-order valence-corrected chi connectivity index (χ2v) is 11.3. The summed E-state index contributed by atoms with van der Waals surface area (Å²) in [5, 5.41) is 3.96. The van der Waals surface area contributed by atoms with E-state index in [1.165, 1.54) is 0 Å². The van der Waals surface area contributed by atoms with Crippen molar-refractivity contribution in [3.8, 4) is 0 Å². The molecular weight excluding hydrogens is 407 g/mol. The first-order chi connectivity index (χ1) is 15.0. The monoisotopic (exact) mass is 430 g/mol. The Bertz CT molecular complexity index is 1300. The molecule has 0 unspecified atom stereocenters. The van der Waals surface area contributed by atoms with Crippen LogP contribution in [0.4, 0.5) is 11.6 Å². The van der Waals surface area contributed by atoms with E-state index in [-0.39, 0.29) is 0 Å². The van der Waals surface area contributed by atoms with Crippen LogP contribution in [0.1, 0.15) is 16.8 Å². The molecule has 2 N–H and O–H groups in total. The van der Waals surface area contributed by atoms with Crippen LogP contribution in [-0.2, 0) is 17.5 Å². The van der Waals surface area contributed by atoms with Crippen molar-refractivity contribution in [2.24, 2.45) is 0 Å². The lowest BCUT2D eigenvalue weighted by Gasteiger charge is -2.17. The molecule has 0 saturated heterocycles. The second kappa shape index (κ2) is 7.76. The molecule has 7 nitrogen and oxygen atoms in total. The zero-order valence-corrected chi connectivity index (χ0v) is 18.3. The number of nitrogens with zero attached hydrogens (tertiary/aromatic N) is 4. The van der Waals surface area contributed by atoms with E-state index in [1.807, 2.05) is 41.4 Å². The summed E-state index contributed by atoms with van der Waals surface area (Å²) in [6.45, 7) is 4.21. The molecule has 2 aromatic heterocycles. The summed E-state index contributed by atoms with van der Waals surface area (Å²) >= 11 is 0. The molecule has 1 aliphatic rings. The number of nitrogens with one attached hydrogen (secondary N) is 2. The fourth-order valence-electron chi connectivity index (χ4n) is 3.65. The standard InChI is InChI=1S/C23H23N6OP/c1-31(2,30)20-8-5-16(6-9-20)13-19-14-25-22-23(26-19)29(28-27-22)15-17-7-10-21-18(12-17)4-3-11-24-21/h3-12,14,28H,13,15H2,1-2H3,(H,25,27). The molecule has 0 spiro atoms. The van der Waals surface area contributed by atoms with Crippen LogP contribution in [0.3, 0.4) is 0 Å². The summed E-state index contributed by atoms with van der Waals surface area (Å²) in [4.78, 5) is 13.7. The van der Waals surface area contributed by atoms with Crippen molar-refractivity contribution in [2.75, 3.05) is 23.8 Å². The van der Waals surface area contributed by atoms with E-state index in [0.717, 1.165) is 38.8 Å². The third-order valence-electron chi connectivity index (χ3n) is 5.32. The lowest BCUT2D eigenvalue weighted by atomic mass is 10.1. The van der Waals surface area contributed by atoms with E-state index in [0.29, 0.717) is 18.8 Å². The molecule has 4 aromatic rings. The largest absolute Gasteiger partial charge is 0.319 e. The van der Waals surface area contributed by atoms with Crippen LogP contribution < -0.4 is 21.3 Å². The number of pyridine rings is 1. The molecule has 3 heterocycles. The van der Waals surface area contributed by atoms with Gasteiger partial charge in [0.15, 0.2) is 11.6 Å². The van der Waals surface area contributed by atoms with Crippen molar-refractivity contribution >= 4 is 35.0 Å².